The summed E-state index contributed by atoms with van der Waals surface area (Å²) in [4.78, 5) is 0. The third kappa shape index (κ3) is 2.51. The van der Waals surface area contributed by atoms with E-state index < -0.39 is 0 Å². The summed E-state index contributed by atoms with van der Waals surface area (Å²) in [6.07, 6.45) is 4.86. The first-order valence-corrected chi connectivity index (χ1v) is 5.69. The molecule has 2 atom stereocenters. The van der Waals surface area contributed by atoms with Crippen molar-refractivity contribution in [2.45, 2.75) is 37.6 Å². The lowest BCUT2D eigenvalue weighted by atomic mass is 9.82. The van der Waals surface area contributed by atoms with Crippen LogP contribution < -0.4 is 10.5 Å². The second-order valence-electron chi connectivity index (χ2n) is 4.40. The molecule has 1 saturated carbocycles. The summed E-state index contributed by atoms with van der Waals surface area (Å²) in [5, 5.41) is 0. The van der Waals surface area contributed by atoms with Gasteiger partial charge in [0.15, 0.2) is 0 Å². The Morgan fingerprint density at radius 1 is 1.20 bits per heavy atom. The molecular weight excluding hydrogens is 186 g/mol. The predicted octanol–water partition coefficient (Wildman–Crippen LogP) is 2.68. The lowest BCUT2D eigenvalue weighted by Crippen LogP contribution is -2.26. The van der Waals surface area contributed by atoms with Gasteiger partial charge in [-0.05, 0) is 42.9 Å². The van der Waals surface area contributed by atoms with Gasteiger partial charge in [-0.3, -0.25) is 0 Å². The average molecular weight is 205 g/mol. The zero-order valence-electron chi connectivity index (χ0n) is 9.28. The monoisotopic (exact) mass is 205 g/mol. The van der Waals surface area contributed by atoms with Crippen molar-refractivity contribution in [2.75, 3.05) is 7.11 Å². The van der Waals surface area contributed by atoms with Crippen molar-refractivity contribution in [3.63, 3.8) is 0 Å². The molecular formula is C13H19NO. The first-order valence-electron chi connectivity index (χ1n) is 5.69. The van der Waals surface area contributed by atoms with Crippen LogP contribution in [-0.2, 0) is 0 Å². The van der Waals surface area contributed by atoms with Crippen LogP contribution in [0.25, 0.3) is 0 Å². The van der Waals surface area contributed by atoms with E-state index in [0.29, 0.717) is 12.0 Å². The Hall–Kier alpha value is -1.02. The number of methoxy groups -OCH3 is 1. The van der Waals surface area contributed by atoms with E-state index in [2.05, 4.69) is 12.1 Å². The fourth-order valence-corrected chi connectivity index (χ4v) is 2.41. The Balaban J connectivity index is 2.07. The van der Waals surface area contributed by atoms with E-state index in [1.165, 1.54) is 24.8 Å². The zero-order chi connectivity index (χ0) is 10.7. The Morgan fingerprint density at radius 3 is 2.53 bits per heavy atom. The summed E-state index contributed by atoms with van der Waals surface area (Å²) in [7, 11) is 1.70. The maximum absolute atomic E-state index is 5.99. The van der Waals surface area contributed by atoms with Crippen LogP contribution in [0, 0.1) is 0 Å². The molecule has 0 spiro atoms. The number of ether oxygens (including phenoxy) is 1. The van der Waals surface area contributed by atoms with Crippen LogP contribution >= 0.6 is 0 Å². The minimum atomic E-state index is 0.394. The fraction of sp³-hybridized carbons (Fsp3) is 0.538. The maximum atomic E-state index is 5.99. The molecule has 1 aromatic rings. The lowest BCUT2D eigenvalue weighted by Gasteiger charge is -2.26. The topological polar surface area (TPSA) is 35.2 Å². The second-order valence-corrected chi connectivity index (χ2v) is 4.40. The Kier molecular flexibility index (Phi) is 3.27. The SMILES string of the molecule is COc1ccc([C@@H]2CCC[C@@H](N)C2)cc1. The third-order valence-corrected chi connectivity index (χ3v) is 3.30. The highest BCUT2D eigenvalue weighted by Crippen LogP contribution is 2.32. The van der Waals surface area contributed by atoms with Crippen LogP contribution in [0.1, 0.15) is 37.2 Å². The van der Waals surface area contributed by atoms with E-state index in [0.717, 1.165) is 12.2 Å². The first-order chi connectivity index (χ1) is 7.29. The summed E-state index contributed by atoms with van der Waals surface area (Å²) in [5.74, 6) is 1.58. The van der Waals surface area contributed by atoms with Crippen LogP contribution in [0.4, 0.5) is 0 Å². The molecule has 1 aromatic carbocycles. The van der Waals surface area contributed by atoms with Crippen LogP contribution in [-0.4, -0.2) is 13.2 Å². The largest absolute Gasteiger partial charge is 0.497 e. The van der Waals surface area contributed by atoms with Crippen LogP contribution in [0.2, 0.25) is 0 Å². The molecule has 2 nitrogen and oxygen atoms in total. The quantitative estimate of drug-likeness (QED) is 0.805. The van der Waals surface area contributed by atoms with E-state index in [4.69, 9.17) is 10.5 Å². The number of hydrogen-bond acceptors (Lipinski definition) is 2. The molecule has 0 saturated heterocycles. The molecule has 2 rings (SSSR count). The summed E-state index contributed by atoms with van der Waals surface area (Å²) in [6.45, 7) is 0. The molecule has 0 bridgehead atoms. The third-order valence-electron chi connectivity index (χ3n) is 3.30. The fourth-order valence-electron chi connectivity index (χ4n) is 2.41. The van der Waals surface area contributed by atoms with Gasteiger partial charge < -0.3 is 10.5 Å². The molecule has 0 amide bonds. The van der Waals surface area contributed by atoms with Crippen molar-refractivity contribution in [1.82, 2.24) is 0 Å². The minimum Gasteiger partial charge on any atom is -0.497 e. The molecule has 82 valence electrons. The number of rotatable bonds is 2. The van der Waals surface area contributed by atoms with E-state index in [9.17, 15) is 0 Å². The van der Waals surface area contributed by atoms with Gasteiger partial charge in [0.25, 0.3) is 0 Å². The highest BCUT2D eigenvalue weighted by atomic mass is 16.5. The van der Waals surface area contributed by atoms with Crippen molar-refractivity contribution in [2.24, 2.45) is 5.73 Å². The summed E-state index contributed by atoms with van der Waals surface area (Å²) in [6, 6.07) is 8.81. The van der Waals surface area contributed by atoms with Crippen molar-refractivity contribution in [3.05, 3.63) is 29.8 Å². The highest BCUT2D eigenvalue weighted by molar-refractivity contribution is 5.29. The number of nitrogens with two attached hydrogens (primary N) is 1. The Morgan fingerprint density at radius 2 is 1.93 bits per heavy atom. The molecule has 1 aliphatic carbocycles. The van der Waals surface area contributed by atoms with Gasteiger partial charge in [0.2, 0.25) is 0 Å². The van der Waals surface area contributed by atoms with Gasteiger partial charge in [-0.15, -0.1) is 0 Å². The second kappa shape index (κ2) is 4.67. The van der Waals surface area contributed by atoms with Gasteiger partial charge in [-0.1, -0.05) is 18.6 Å². The van der Waals surface area contributed by atoms with Crippen LogP contribution in [0.5, 0.6) is 5.75 Å². The summed E-state index contributed by atoms with van der Waals surface area (Å²) in [5.41, 5.74) is 7.40. The molecule has 0 radical (unpaired) electrons. The molecule has 0 heterocycles. The van der Waals surface area contributed by atoms with E-state index in [1.807, 2.05) is 12.1 Å². The number of benzene rings is 1. The van der Waals surface area contributed by atoms with Crippen molar-refractivity contribution in [1.29, 1.82) is 0 Å². The lowest BCUT2D eigenvalue weighted by molar-refractivity contribution is 0.391. The van der Waals surface area contributed by atoms with Crippen molar-refractivity contribution >= 4 is 0 Å². The van der Waals surface area contributed by atoms with Crippen molar-refractivity contribution in [3.8, 4) is 5.75 Å². The molecule has 15 heavy (non-hydrogen) atoms. The standard InChI is InChI=1S/C13H19NO/c1-15-13-7-5-10(6-8-13)11-3-2-4-12(14)9-11/h5-8,11-12H,2-4,9,14H2,1H3/t11-,12-/m1/s1. The van der Waals surface area contributed by atoms with Gasteiger partial charge in [0, 0.05) is 6.04 Å². The minimum absolute atomic E-state index is 0.394. The van der Waals surface area contributed by atoms with Gasteiger partial charge in [-0.2, -0.15) is 0 Å². The van der Waals surface area contributed by atoms with E-state index in [-0.39, 0.29) is 0 Å². The molecule has 1 aliphatic rings. The van der Waals surface area contributed by atoms with Crippen LogP contribution in [0.3, 0.4) is 0 Å². The summed E-state index contributed by atoms with van der Waals surface area (Å²) < 4.78 is 5.15. The maximum Gasteiger partial charge on any atom is 0.118 e. The molecule has 2 heteroatoms. The average Bonchev–Trinajstić information content (AvgIpc) is 2.29. The molecule has 0 aliphatic heterocycles. The highest BCUT2D eigenvalue weighted by Gasteiger charge is 2.20. The predicted molar refractivity (Wildman–Crippen MR) is 62.2 cm³/mol. The van der Waals surface area contributed by atoms with Gasteiger partial charge >= 0.3 is 0 Å². The Labute approximate surface area is 91.4 Å². The molecule has 1 fully saturated rings. The smallest absolute Gasteiger partial charge is 0.118 e. The van der Waals surface area contributed by atoms with Crippen molar-refractivity contribution < 1.29 is 4.74 Å². The normalized spacial score (nSPS) is 26.3. The number of hydrogen-bond donors (Lipinski definition) is 1. The Bertz CT molecular complexity index is 307. The first kappa shape index (κ1) is 10.5. The molecule has 0 aromatic heterocycles. The summed E-state index contributed by atoms with van der Waals surface area (Å²) >= 11 is 0. The van der Waals surface area contributed by atoms with Crippen LogP contribution in [0.15, 0.2) is 24.3 Å². The molecule has 2 N–H and O–H groups in total. The molecule has 0 unspecified atom stereocenters. The van der Waals surface area contributed by atoms with Gasteiger partial charge in [-0.25, -0.2) is 0 Å². The zero-order valence-corrected chi connectivity index (χ0v) is 9.28. The van der Waals surface area contributed by atoms with E-state index >= 15 is 0 Å². The van der Waals surface area contributed by atoms with Gasteiger partial charge in [0.05, 0.1) is 7.11 Å². The van der Waals surface area contributed by atoms with Gasteiger partial charge in [0.1, 0.15) is 5.75 Å². The van der Waals surface area contributed by atoms with E-state index in [1.54, 1.807) is 7.11 Å².